The number of aromatic nitrogens is 2. The quantitative estimate of drug-likeness (QED) is 0.845. The Morgan fingerprint density at radius 3 is 3.04 bits per heavy atom. The molecule has 1 fully saturated rings. The van der Waals surface area contributed by atoms with Gasteiger partial charge in [0.2, 0.25) is 11.8 Å². The van der Waals surface area contributed by atoms with Crippen molar-refractivity contribution in [2.24, 2.45) is 0 Å². The van der Waals surface area contributed by atoms with Gasteiger partial charge in [-0.3, -0.25) is 4.79 Å². The highest BCUT2D eigenvalue weighted by Crippen LogP contribution is 2.33. The number of hydrogen-bond donors (Lipinski definition) is 0. The third-order valence-electron chi connectivity index (χ3n) is 4.51. The summed E-state index contributed by atoms with van der Waals surface area (Å²) >= 11 is 1.72. The second-order valence-electron chi connectivity index (χ2n) is 6.01. The van der Waals surface area contributed by atoms with Crippen LogP contribution in [0, 0.1) is 6.92 Å². The maximum absolute atomic E-state index is 13.1. The van der Waals surface area contributed by atoms with E-state index in [1.54, 1.807) is 18.3 Å². The highest BCUT2D eigenvalue weighted by Gasteiger charge is 2.34. The van der Waals surface area contributed by atoms with E-state index in [9.17, 15) is 4.79 Å². The molecule has 3 heterocycles. The van der Waals surface area contributed by atoms with Crippen LogP contribution in [0.4, 0.5) is 0 Å². The van der Waals surface area contributed by atoms with Gasteiger partial charge in [-0.2, -0.15) is 0 Å². The van der Waals surface area contributed by atoms with E-state index in [1.165, 1.54) is 23.3 Å². The van der Waals surface area contributed by atoms with Crippen LogP contribution in [0.25, 0.3) is 0 Å². The molecular formula is C16H19N3O3S. The van der Waals surface area contributed by atoms with Gasteiger partial charge in [0, 0.05) is 23.7 Å². The van der Waals surface area contributed by atoms with E-state index in [2.05, 4.69) is 10.2 Å². The molecule has 2 aromatic heterocycles. The summed E-state index contributed by atoms with van der Waals surface area (Å²) in [7, 11) is 0. The van der Waals surface area contributed by atoms with E-state index < -0.39 is 0 Å². The fourth-order valence-corrected chi connectivity index (χ4v) is 4.45. The molecule has 0 bridgehead atoms. The fraction of sp³-hybridized carbons (Fsp3) is 0.562. The first-order valence-corrected chi connectivity index (χ1v) is 8.90. The van der Waals surface area contributed by atoms with Gasteiger partial charge < -0.3 is 14.1 Å². The topological polar surface area (TPSA) is 68.5 Å². The zero-order valence-electron chi connectivity index (χ0n) is 13.1. The number of amides is 1. The molecule has 122 valence electrons. The zero-order valence-corrected chi connectivity index (χ0v) is 13.9. The van der Waals surface area contributed by atoms with Crippen LogP contribution in [0.15, 0.2) is 9.80 Å². The number of fused-ring (bicyclic) bond motifs is 1. The van der Waals surface area contributed by atoms with Crippen LogP contribution in [0.2, 0.25) is 0 Å². The average Bonchev–Trinajstić information content (AvgIpc) is 3.20. The second-order valence-corrected chi connectivity index (χ2v) is 6.97. The molecule has 6 nitrogen and oxygen atoms in total. The van der Waals surface area contributed by atoms with Gasteiger partial charge in [0.05, 0.1) is 18.8 Å². The van der Waals surface area contributed by atoms with Gasteiger partial charge >= 0.3 is 0 Å². The maximum Gasteiger partial charge on any atom is 0.255 e. The van der Waals surface area contributed by atoms with Crippen molar-refractivity contribution in [2.75, 3.05) is 19.8 Å². The molecule has 1 aliphatic carbocycles. The fourth-order valence-electron chi connectivity index (χ4n) is 3.33. The van der Waals surface area contributed by atoms with Gasteiger partial charge in [0.25, 0.3) is 5.91 Å². The van der Waals surface area contributed by atoms with Crippen molar-refractivity contribution in [3.8, 4) is 0 Å². The zero-order chi connectivity index (χ0) is 15.8. The molecule has 2 aromatic rings. The van der Waals surface area contributed by atoms with Crippen LogP contribution in [-0.2, 0) is 17.6 Å². The van der Waals surface area contributed by atoms with Gasteiger partial charge in [-0.1, -0.05) is 0 Å². The third-order valence-corrected chi connectivity index (χ3v) is 5.60. The molecule has 0 unspecified atom stereocenters. The van der Waals surface area contributed by atoms with Crippen molar-refractivity contribution in [3.63, 3.8) is 0 Å². The molecule has 1 aliphatic heterocycles. The molecular weight excluding hydrogens is 314 g/mol. The van der Waals surface area contributed by atoms with Crippen molar-refractivity contribution in [1.29, 1.82) is 0 Å². The average molecular weight is 333 g/mol. The SMILES string of the molecule is Cc1nnc([C@H]2COCCN2C(=O)c2csc3c2CCCC3)o1. The smallest absolute Gasteiger partial charge is 0.255 e. The molecule has 7 heteroatoms. The molecule has 1 atom stereocenters. The van der Waals surface area contributed by atoms with Crippen LogP contribution in [-0.4, -0.2) is 40.8 Å². The molecule has 1 saturated heterocycles. The Balaban J connectivity index is 1.64. The van der Waals surface area contributed by atoms with Crippen LogP contribution in [0.5, 0.6) is 0 Å². The standard InChI is InChI=1S/C16H19N3O3S/c1-10-17-18-15(22-10)13-8-21-7-6-19(13)16(20)12-9-23-14-5-3-2-4-11(12)14/h9,13H,2-8H2,1H3/t13-/m1/s1. The summed E-state index contributed by atoms with van der Waals surface area (Å²) in [4.78, 5) is 16.3. The minimum absolute atomic E-state index is 0.0635. The Morgan fingerprint density at radius 1 is 1.35 bits per heavy atom. The summed E-state index contributed by atoms with van der Waals surface area (Å²) in [6, 6.07) is -0.295. The number of morpholine rings is 1. The number of thiophene rings is 1. The van der Waals surface area contributed by atoms with Crippen LogP contribution in [0.3, 0.4) is 0 Å². The molecule has 23 heavy (non-hydrogen) atoms. The molecule has 0 aromatic carbocycles. The molecule has 0 radical (unpaired) electrons. The summed E-state index contributed by atoms with van der Waals surface area (Å²) < 4.78 is 11.1. The Labute approximate surface area is 138 Å². The number of rotatable bonds is 2. The molecule has 0 N–H and O–H groups in total. The summed E-state index contributed by atoms with van der Waals surface area (Å²) in [5.41, 5.74) is 2.10. The van der Waals surface area contributed by atoms with Gasteiger partial charge in [0.15, 0.2) is 0 Å². The third kappa shape index (κ3) is 2.68. The highest BCUT2D eigenvalue weighted by molar-refractivity contribution is 7.10. The Kier molecular flexibility index (Phi) is 3.90. The summed E-state index contributed by atoms with van der Waals surface area (Å²) in [6.07, 6.45) is 4.50. The van der Waals surface area contributed by atoms with Crippen molar-refractivity contribution >= 4 is 17.2 Å². The van der Waals surface area contributed by atoms with Gasteiger partial charge in [-0.25, -0.2) is 0 Å². The lowest BCUT2D eigenvalue weighted by Crippen LogP contribution is -2.43. The first-order valence-electron chi connectivity index (χ1n) is 8.02. The van der Waals surface area contributed by atoms with Crippen molar-refractivity contribution < 1.29 is 13.9 Å². The molecule has 0 saturated carbocycles. The lowest BCUT2D eigenvalue weighted by Gasteiger charge is -2.33. The minimum atomic E-state index is -0.295. The van der Waals surface area contributed by atoms with Crippen LogP contribution in [0.1, 0.15) is 51.5 Å². The van der Waals surface area contributed by atoms with Gasteiger partial charge in [-0.05, 0) is 31.2 Å². The number of ether oxygens (including phenoxy) is 1. The molecule has 1 amide bonds. The van der Waals surface area contributed by atoms with Crippen molar-refractivity contribution in [1.82, 2.24) is 15.1 Å². The Morgan fingerprint density at radius 2 is 2.22 bits per heavy atom. The normalized spacial score (nSPS) is 21.3. The monoisotopic (exact) mass is 333 g/mol. The van der Waals surface area contributed by atoms with E-state index in [0.29, 0.717) is 31.5 Å². The van der Waals surface area contributed by atoms with E-state index in [0.717, 1.165) is 18.4 Å². The predicted octanol–water partition coefficient (Wildman–Crippen LogP) is 2.53. The molecule has 2 aliphatic rings. The van der Waals surface area contributed by atoms with Gasteiger partial charge in [-0.15, -0.1) is 21.5 Å². The lowest BCUT2D eigenvalue weighted by molar-refractivity contribution is -0.0106. The molecule has 4 rings (SSSR count). The van der Waals surface area contributed by atoms with Crippen molar-refractivity contribution in [2.45, 2.75) is 38.6 Å². The number of aryl methyl sites for hydroxylation is 2. The Bertz CT molecular complexity index is 724. The first-order chi connectivity index (χ1) is 11.2. The van der Waals surface area contributed by atoms with Crippen LogP contribution < -0.4 is 0 Å². The highest BCUT2D eigenvalue weighted by atomic mass is 32.1. The summed E-state index contributed by atoms with van der Waals surface area (Å²) in [5.74, 6) is 1.03. The van der Waals surface area contributed by atoms with E-state index in [-0.39, 0.29) is 11.9 Å². The summed E-state index contributed by atoms with van der Waals surface area (Å²) in [5, 5.41) is 9.98. The number of hydrogen-bond acceptors (Lipinski definition) is 6. The van der Waals surface area contributed by atoms with Crippen LogP contribution >= 0.6 is 11.3 Å². The largest absolute Gasteiger partial charge is 0.423 e. The Hall–Kier alpha value is -1.73. The minimum Gasteiger partial charge on any atom is -0.423 e. The van der Waals surface area contributed by atoms with E-state index in [1.807, 2.05) is 10.3 Å². The number of carbonyl (C=O) groups is 1. The van der Waals surface area contributed by atoms with E-state index >= 15 is 0 Å². The summed E-state index contributed by atoms with van der Waals surface area (Å²) in [6.45, 7) is 3.25. The second kappa shape index (κ2) is 6.05. The lowest BCUT2D eigenvalue weighted by atomic mass is 9.95. The van der Waals surface area contributed by atoms with Crippen molar-refractivity contribution in [3.05, 3.63) is 33.2 Å². The van der Waals surface area contributed by atoms with Gasteiger partial charge in [0.1, 0.15) is 6.04 Å². The first kappa shape index (κ1) is 14.8. The number of carbonyl (C=O) groups excluding carboxylic acids is 1. The predicted molar refractivity (Wildman–Crippen MR) is 84.6 cm³/mol. The maximum atomic E-state index is 13.1. The number of nitrogens with zero attached hydrogens (tertiary/aromatic N) is 3. The van der Waals surface area contributed by atoms with E-state index in [4.69, 9.17) is 9.15 Å². The molecule has 0 spiro atoms.